The van der Waals surface area contributed by atoms with Crippen LogP contribution >= 0.6 is 11.3 Å². The van der Waals surface area contributed by atoms with Gasteiger partial charge < -0.3 is 5.11 Å². The highest BCUT2D eigenvalue weighted by atomic mass is 32.2. The van der Waals surface area contributed by atoms with Gasteiger partial charge in [-0.25, -0.2) is 12.7 Å². The molecular formula is C13H16N2O3S2. The summed E-state index contributed by atoms with van der Waals surface area (Å²) >= 11 is 1.24. The fourth-order valence-corrected chi connectivity index (χ4v) is 4.21. The zero-order valence-electron chi connectivity index (χ0n) is 11.1. The van der Waals surface area contributed by atoms with Crippen molar-refractivity contribution >= 4 is 21.4 Å². The monoisotopic (exact) mass is 312 g/mol. The van der Waals surface area contributed by atoms with Crippen molar-refractivity contribution in [2.24, 2.45) is 0 Å². The zero-order valence-corrected chi connectivity index (χ0v) is 12.7. The summed E-state index contributed by atoms with van der Waals surface area (Å²) in [6.45, 7) is 0.0837. The summed E-state index contributed by atoms with van der Waals surface area (Å²) < 4.78 is 26.1. The van der Waals surface area contributed by atoms with Crippen LogP contribution < -0.4 is 0 Å². The molecule has 0 aliphatic rings. The Balaban J connectivity index is 2.10. The maximum absolute atomic E-state index is 12.4. The van der Waals surface area contributed by atoms with Crippen molar-refractivity contribution in [3.8, 4) is 0 Å². The van der Waals surface area contributed by atoms with Gasteiger partial charge in [0.05, 0.1) is 11.5 Å². The molecule has 0 aliphatic carbocycles. The summed E-state index contributed by atoms with van der Waals surface area (Å²) in [7, 11) is -2.01. The lowest BCUT2D eigenvalue weighted by Gasteiger charge is -2.17. The lowest BCUT2D eigenvalue weighted by Crippen LogP contribution is -2.29. The second-order valence-electron chi connectivity index (χ2n) is 4.26. The number of pyridine rings is 1. The van der Waals surface area contributed by atoms with Crippen LogP contribution in [0.2, 0.25) is 0 Å². The molecule has 0 spiro atoms. The second-order valence-corrected chi connectivity index (χ2v) is 7.28. The first kappa shape index (κ1) is 15.1. The molecule has 108 valence electrons. The second kappa shape index (κ2) is 6.45. The van der Waals surface area contributed by atoms with Crippen molar-refractivity contribution in [2.75, 3.05) is 13.6 Å². The van der Waals surface area contributed by atoms with Crippen LogP contribution in [-0.2, 0) is 23.1 Å². The van der Waals surface area contributed by atoms with Crippen molar-refractivity contribution in [3.63, 3.8) is 0 Å². The van der Waals surface area contributed by atoms with Gasteiger partial charge in [-0.3, -0.25) is 4.98 Å². The molecule has 0 aromatic carbocycles. The minimum absolute atomic E-state index is 0.188. The van der Waals surface area contributed by atoms with Crippen molar-refractivity contribution in [1.29, 1.82) is 0 Å². The van der Waals surface area contributed by atoms with Crippen molar-refractivity contribution < 1.29 is 13.5 Å². The van der Waals surface area contributed by atoms with E-state index in [0.717, 1.165) is 5.69 Å². The molecule has 0 fully saturated rings. The fraction of sp³-hybridized carbons (Fsp3) is 0.308. The topological polar surface area (TPSA) is 70.5 Å². The van der Waals surface area contributed by atoms with E-state index in [4.69, 9.17) is 0 Å². The number of sulfonamides is 1. The van der Waals surface area contributed by atoms with Crippen LogP contribution in [0.1, 0.15) is 10.6 Å². The van der Waals surface area contributed by atoms with E-state index in [0.29, 0.717) is 17.8 Å². The number of rotatable bonds is 6. The Hall–Kier alpha value is -1.28. The predicted molar refractivity (Wildman–Crippen MR) is 78.0 cm³/mol. The van der Waals surface area contributed by atoms with Gasteiger partial charge in [-0.05, 0) is 23.6 Å². The molecule has 0 aliphatic heterocycles. The van der Waals surface area contributed by atoms with Gasteiger partial charge in [0.2, 0.25) is 10.0 Å². The molecule has 0 bridgehead atoms. The van der Waals surface area contributed by atoms with E-state index >= 15 is 0 Å². The average Bonchev–Trinajstić information content (AvgIpc) is 2.95. The minimum Gasteiger partial charge on any atom is -0.391 e. The van der Waals surface area contributed by atoms with E-state index in [1.807, 2.05) is 18.2 Å². The van der Waals surface area contributed by atoms with E-state index in [-0.39, 0.29) is 11.5 Å². The predicted octanol–water partition coefficient (Wildman–Crippen LogP) is 1.50. The smallest absolute Gasteiger partial charge is 0.244 e. The first-order chi connectivity index (χ1) is 9.55. The van der Waals surface area contributed by atoms with Gasteiger partial charge in [-0.15, -0.1) is 11.3 Å². The van der Waals surface area contributed by atoms with Crippen LogP contribution in [0.4, 0.5) is 0 Å². The highest BCUT2D eigenvalue weighted by molar-refractivity contribution is 7.89. The van der Waals surface area contributed by atoms with E-state index in [1.165, 1.54) is 28.8 Å². The molecule has 2 heterocycles. The van der Waals surface area contributed by atoms with Crippen LogP contribution in [-0.4, -0.2) is 36.4 Å². The molecule has 0 atom stereocenters. The third-order valence-electron chi connectivity index (χ3n) is 2.95. The van der Waals surface area contributed by atoms with Crippen molar-refractivity contribution in [2.45, 2.75) is 17.9 Å². The number of thiophene rings is 1. The number of likely N-dealkylation sites (N-methyl/N-ethyl adjacent to an activating group) is 1. The van der Waals surface area contributed by atoms with Gasteiger partial charge >= 0.3 is 0 Å². The normalized spacial score (nSPS) is 11.9. The molecular weight excluding hydrogens is 296 g/mol. The molecule has 2 aromatic heterocycles. The summed E-state index contributed by atoms with van der Waals surface area (Å²) in [6.07, 6.45) is 2.24. The number of nitrogens with zero attached hydrogens (tertiary/aromatic N) is 2. The summed E-state index contributed by atoms with van der Waals surface area (Å²) in [5.41, 5.74) is 0.849. The summed E-state index contributed by atoms with van der Waals surface area (Å²) in [4.78, 5) is 4.83. The average molecular weight is 312 g/mol. The third-order valence-corrected chi connectivity index (χ3v) is 5.92. The lowest BCUT2D eigenvalue weighted by molar-refractivity contribution is 0.282. The van der Waals surface area contributed by atoms with Gasteiger partial charge in [-0.1, -0.05) is 6.07 Å². The number of aliphatic hydroxyl groups excluding tert-OH is 1. The molecule has 20 heavy (non-hydrogen) atoms. The molecule has 0 unspecified atom stereocenters. The molecule has 2 aromatic rings. The van der Waals surface area contributed by atoms with Crippen molar-refractivity contribution in [3.05, 3.63) is 46.4 Å². The highest BCUT2D eigenvalue weighted by Crippen LogP contribution is 2.24. The Kier molecular flexibility index (Phi) is 4.87. The maximum atomic E-state index is 12.4. The Morgan fingerprint density at radius 3 is 2.80 bits per heavy atom. The number of aliphatic hydroxyl groups is 1. The number of aromatic nitrogens is 1. The van der Waals surface area contributed by atoms with Gasteiger partial charge in [0.15, 0.2) is 0 Å². The van der Waals surface area contributed by atoms with Gasteiger partial charge in [0.25, 0.3) is 0 Å². The summed E-state index contributed by atoms with van der Waals surface area (Å²) in [5, 5.41) is 10.8. The lowest BCUT2D eigenvalue weighted by atomic mass is 10.3. The highest BCUT2D eigenvalue weighted by Gasteiger charge is 2.24. The van der Waals surface area contributed by atoms with Crippen LogP contribution in [0.15, 0.2) is 40.7 Å². The molecule has 0 saturated carbocycles. The van der Waals surface area contributed by atoms with E-state index < -0.39 is 10.0 Å². The minimum atomic E-state index is -3.55. The Morgan fingerprint density at radius 2 is 2.15 bits per heavy atom. The van der Waals surface area contributed by atoms with Gasteiger partial charge in [0, 0.05) is 36.8 Å². The summed E-state index contributed by atoms with van der Waals surface area (Å²) in [6, 6.07) is 7.09. The van der Waals surface area contributed by atoms with Crippen LogP contribution in [0.25, 0.3) is 0 Å². The quantitative estimate of drug-likeness (QED) is 0.877. The van der Waals surface area contributed by atoms with Crippen LogP contribution in [0, 0.1) is 0 Å². The standard InChI is InChI=1S/C13H16N2O3S2/c1-15(8-5-11-4-2-3-7-14-11)20(17,18)13-6-9-19-12(13)10-16/h2-4,6-7,9,16H,5,8,10H2,1H3. The van der Waals surface area contributed by atoms with E-state index in [9.17, 15) is 13.5 Å². The molecule has 7 heteroatoms. The largest absolute Gasteiger partial charge is 0.391 e. The molecule has 1 N–H and O–H groups in total. The molecule has 5 nitrogen and oxygen atoms in total. The molecule has 0 amide bonds. The molecule has 0 radical (unpaired) electrons. The van der Waals surface area contributed by atoms with Gasteiger partial charge in [0.1, 0.15) is 0 Å². The van der Waals surface area contributed by atoms with E-state index in [2.05, 4.69) is 4.98 Å². The first-order valence-corrected chi connectivity index (χ1v) is 8.41. The molecule has 2 rings (SSSR count). The first-order valence-electron chi connectivity index (χ1n) is 6.09. The van der Waals surface area contributed by atoms with Gasteiger partial charge in [-0.2, -0.15) is 0 Å². The fourth-order valence-electron chi connectivity index (χ4n) is 1.78. The van der Waals surface area contributed by atoms with Crippen LogP contribution in [0.5, 0.6) is 0 Å². The van der Waals surface area contributed by atoms with Crippen LogP contribution in [0.3, 0.4) is 0 Å². The Morgan fingerprint density at radius 1 is 1.35 bits per heavy atom. The third kappa shape index (κ3) is 3.24. The number of hydrogen-bond donors (Lipinski definition) is 1. The molecule has 0 saturated heterocycles. The number of hydrogen-bond acceptors (Lipinski definition) is 5. The zero-order chi connectivity index (χ0) is 14.6. The Labute approximate surface area is 122 Å². The van der Waals surface area contributed by atoms with Crippen molar-refractivity contribution in [1.82, 2.24) is 9.29 Å². The van der Waals surface area contributed by atoms with E-state index in [1.54, 1.807) is 11.6 Å². The maximum Gasteiger partial charge on any atom is 0.244 e. The Bertz CT molecular complexity index is 653. The summed E-state index contributed by atoms with van der Waals surface area (Å²) in [5.74, 6) is 0. The SMILES string of the molecule is CN(CCc1ccccn1)S(=O)(=O)c1ccsc1CO.